The Kier molecular flexibility index (Phi) is 5.34. The van der Waals surface area contributed by atoms with Crippen LogP contribution in [-0.2, 0) is 11.2 Å². The van der Waals surface area contributed by atoms with E-state index in [1.807, 2.05) is 60.7 Å². The molecule has 0 aliphatic carbocycles. The van der Waals surface area contributed by atoms with Gasteiger partial charge in [0.15, 0.2) is 0 Å². The Hall–Kier alpha value is -1.41. The van der Waals surface area contributed by atoms with Crippen LogP contribution in [-0.4, -0.2) is 11.1 Å². The molecule has 98 valence electrons. The molecule has 0 aliphatic rings. The molecule has 0 aromatic heterocycles. The van der Waals surface area contributed by atoms with Gasteiger partial charge in [-0.3, -0.25) is 4.79 Å². The fourth-order valence-corrected chi connectivity index (χ4v) is 2.69. The molecule has 0 saturated carbocycles. The Labute approximate surface area is 122 Å². The van der Waals surface area contributed by atoms with Gasteiger partial charge in [0, 0.05) is 17.7 Å². The van der Waals surface area contributed by atoms with E-state index in [2.05, 4.69) is 15.9 Å². The lowest BCUT2D eigenvalue weighted by Crippen LogP contribution is -2.15. The van der Waals surface area contributed by atoms with Crippen LogP contribution in [0.2, 0.25) is 0 Å². The van der Waals surface area contributed by atoms with Gasteiger partial charge in [-0.15, -0.1) is 0 Å². The zero-order valence-electron chi connectivity index (χ0n) is 10.8. The summed E-state index contributed by atoms with van der Waals surface area (Å²) in [6, 6.07) is 20.0. The van der Waals surface area contributed by atoms with E-state index in [9.17, 15) is 4.79 Å². The summed E-state index contributed by atoms with van der Waals surface area (Å²) in [4.78, 5) is 12.5. The summed E-state index contributed by atoms with van der Waals surface area (Å²) in [6.45, 7) is 0. The molecule has 0 radical (unpaired) electrons. The summed E-state index contributed by atoms with van der Waals surface area (Å²) in [7, 11) is 0. The van der Waals surface area contributed by atoms with Crippen LogP contribution in [0, 0.1) is 0 Å². The van der Waals surface area contributed by atoms with Crippen molar-refractivity contribution in [3.05, 3.63) is 71.8 Å². The second-order valence-corrected chi connectivity index (χ2v) is 5.36. The molecule has 0 fully saturated rings. The van der Waals surface area contributed by atoms with Gasteiger partial charge < -0.3 is 0 Å². The number of hydrogen-bond acceptors (Lipinski definition) is 1. The van der Waals surface area contributed by atoms with Crippen LogP contribution in [0.3, 0.4) is 0 Å². The summed E-state index contributed by atoms with van der Waals surface area (Å²) in [5, 5.41) is 0.840. The smallest absolute Gasteiger partial charge is 0.144 e. The van der Waals surface area contributed by atoms with Gasteiger partial charge >= 0.3 is 0 Å². The lowest BCUT2D eigenvalue weighted by molar-refractivity contribution is -0.119. The number of benzene rings is 2. The number of carbonyl (C=O) groups is 1. The first-order chi connectivity index (χ1) is 9.31. The molecule has 0 saturated heterocycles. The van der Waals surface area contributed by atoms with Crippen molar-refractivity contribution in [2.24, 2.45) is 0 Å². The maximum Gasteiger partial charge on any atom is 0.144 e. The maximum absolute atomic E-state index is 12.5. The van der Waals surface area contributed by atoms with Crippen LogP contribution in [0.1, 0.15) is 23.5 Å². The molecule has 2 aromatic rings. The van der Waals surface area contributed by atoms with Gasteiger partial charge in [-0.2, -0.15) is 0 Å². The van der Waals surface area contributed by atoms with E-state index in [-0.39, 0.29) is 11.7 Å². The lowest BCUT2D eigenvalue weighted by atomic mass is 9.89. The molecular weight excluding hydrogens is 300 g/mol. The number of rotatable bonds is 6. The second-order valence-electron chi connectivity index (χ2n) is 4.57. The molecule has 0 unspecified atom stereocenters. The monoisotopic (exact) mass is 316 g/mol. The minimum atomic E-state index is -0.0132. The highest BCUT2D eigenvalue weighted by molar-refractivity contribution is 9.09. The van der Waals surface area contributed by atoms with E-state index < -0.39 is 0 Å². The molecule has 0 aliphatic heterocycles. The van der Waals surface area contributed by atoms with Gasteiger partial charge in [0.1, 0.15) is 5.78 Å². The van der Waals surface area contributed by atoms with Crippen LogP contribution < -0.4 is 0 Å². The largest absolute Gasteiger partial charge is 0.299 e. The van der Waals surface area contributed by atoms with Crippen molar-refractivity contribution < 1.29 is 4.79 Å². The Morgan fingerprint density at radius 3 is 2.11 bits per heavy atom. The van der Waals surface area contributed by atoms with Crippen molar-refractivity contribution in [1.29, 1.82) is 0 Å². The predicted molar refractivity (Wildman–Crippen MR) is 82.7 cm³/mol. The highest BCUT2D eigenvalue weighted by Gasteiger charge is 2.19. The molecule has 0 N–H and O–H groups in total. The summed E-state index contributed by atoms with van der Waals surface area (Å²) < 4.78 is 0. The molecule has 1 nitrogen and oxygen atoms in total. The summed E-state index contributed by atoms with van der Waals surface area (Å²) in [5.74, 6) is 0.276. The molecule has 2 rings (SSSR count). The zero-order chi connectivity index (χ0) is 13.5. The van der Waals surface area contributed by atoms with Gasteiger partial charge in [0.2, 0.25) is 0 Å². The van der Waals surface area contributed by atoms with Gasteiger partial charge in [-0.1, -0.05) is 76.6 Å². The van der Waals surface area contributed by atoms with Gasteiger partial charge in [0.05, 0.1) is 0 Å². The first-order valence-corrected chi connectivity index (χ1v) is 7.61. The standard InChI is InChI=1S/C17H17BrO/c18-12-11-16(15-9-5-2-6-10-15)17(19)13-14-7-3-1-4-8-14/h1-10,16H,11-13H2/t16-/m1/s1. The summed E-state index contributed by atoms with van der Waals surface area (Å²) in [5.41, 5.74) is 2.20. The maximum atomic E-state index is 12.5. The Morgan fingerprint density at radius 1 is 0.947 bits per heavy atom. The molecule has 2 aromatic carbocycles. The van der Waals surface area contributed by atoms with Crippen LogP contribution in [0.25, 0.3) is 0 Å². The molecule has 0 amide bonds. The second kappa shape index (κ2) is 7.25. The van der Waals surface area contributed by atoms with Crippen molar-refractivity contribution in [2.75, 3.05) is 5.33 Å². The number of hydrogen-bond donors (Lipinski definition) is 0. The van der Waals surface area contributed by atoms with Gasteiger partial charge in [-0.05, 0) is 17.5 Å². The van der Waals surface area contributed by atoms with E-state index in [1.165, 1.54) is 0 Å². The molecule has 0 bridgehead atoms. The van der Waals surface area contributed by atoms with Crippen molar-refractivity contribution in [2.45, 2.75) is 18.8 Å². The fraction of sp³-hybridized carbons (Fsp3) is 0.235. The molecule has 0 spiro atoms. The third-order valence-corrected chi connectivity index (χ3v) is 3.67. The topological polar surface area (TPSA) is 17.1 Å². The number of Topliss-reactive ketones (excluding diaryl/α,β-unsaturated/α-hetero) is 1. The number of carbonyl (C=O) groups excluding carboxylic acids is 1. The molecule has 1 atom stereocenters. The van der Waals surface area contributed by atoms with Crippen molar-refractivity contribution in [3.8, 4) is 0 Å². The summed E-state index contributed by atoms with van der Waals surface area (Å²) >= 11 is 3.45. The average Bonchev–Trinajstić information content (AvgIpc) is 2.46. The van der Waals surface area contributed by atoms with Crippen molar-refractivity contribution >= 4 is 21.7 Å². The number of ketones is 1. The quantitative estimate of drug-likeness (QED) is 0.723. The van der Waals surface area contributed by atoms with Crippen LogP contribution in [0.4, 0.5) is 0 Å². The zero-order valence-corrected chi connectivity index (χ0v) is 12.3. The van der Waals surface area contributed by atoms with Gasteiger partial charge in [0.25, 0.3) is 0 Å². The molecule has 0 heterocycles. The SMILES string of the molecule is O=C(Cc1ccccc1)[C@H](CCBr)c1ccccc1. The van der Waals surface area contributed by atoms with Gasteiger partial charge in [-0.25, -0.2) is 0 Å². The number of halogens is 1. The Morgan fingerprint density at radius 2 is 1.53 bits per heavy atom. The third-order valence-electron chi connectivity index (χ3n) is 3.21. The van der Waals surface area contributed by atoms with E-state index >= 15 is 0 Å². The highest BCUT2D eigenvalue weighted by Crippen LogP contribution is 2.23. The minimum Gasteiger partial charge on any atom is -0.299 e. The normalized spacial score (nSPS) is 12.1. The molecule has 2 heteroatoms. The van der Waals surface area contributed by atoms with Crippen molar-refractivity contribution in [1.82, 2.24) is 0 Å². The first kappa shape index (κ1) is 14.0. The average molecular weight is 317 g/mol. The fourth-order valence-electron chi connectivity index (χ4n) is 2.23. The Balaban J connectivity index is 2.13. The van der Waals surface area contributed by atoms with Crippen LogP contribution in [0.15, 0.2) is 60.7 Å². The van der Waals surface area contributed by atoms with E-state index in [4.69, 9.17) is 0 Å². The van der Waals surface area contributed by atoms with Crippen molar-refractivity contribution in [3.63, 3.8) is 0 Å². The Bertz CT molecular complexity index is 507. The molecular formula is C17H17BrO. The molecule has 19 heavy (non-hydrogen) atoms. The lowest BCUT2D eigenvalue weighted by Gasteiger charge is -2.15. The first-order valence-electron chi connectivity index (χ1n) is 6.49. The van der Waals surface area contributed by atoms with E-state index in [1.54, 1.807) is 0 Å². The summed E-state index contributed by atoms with van der Waals surface area (Å²) in [6.07, 6.45) is 1.35. The van der Waals surface area contributed by atoms with E-state index in [0.717, 1.165) is 22.9 Å². The number of alkyl halides is 1. The van der Waals surface area contributed by atoms with Crippen LogP contribution >= 0.6 is 15.9 Å². The predicted octanol–water partition coefficient (Wildman–Crippen LogP) is 4.37. The minimum absolute atomic E-state index is 0.0132. The van der Waals surface area contributed by atoms with E-state index in [0.29, 0.717) is 6.42 Å². The van der Waals surface area contributed by atoms with Crippen LogP contribution in [0.5, 0.6) is 0 Å². The third kappa shape index (κ3) is 4.03. The highest BCUT2D eigenvalue weighted by atomic mass is 79.9.